The first-order chi connectivity index (χ1) is 13.2. The number of rotatable bonds is 4. The lowest BCUT2D eigenvalue weighted by Gasteiger charge is -2.25. The van der Waals surface area contributed by atoms with E-state index in [-0.39, 0.29) is 5.56 Å². The number of benzene rings is 2. The first-order valence-corrected chi connectivity index (χ1v) is 9.46. The van der Waals surface area contributed by atoms with E-state index in [1.165, 1.54) is 24.5 Å². The Bertz CT molecular complexity index is 907. The van der Waals surface area contributed by atoms with E-state index in [1.807, 2.05) is 12.3 Å². The van der Waals surface area contributed by atoms with Crippen molar-refractivity contribution in [1.29, 1.82) is 5.26 Å². The predicted octanol–water partition coefficient (Wildman–Crippen LogP) is 3.85. The predicted molar refractivity (Wildman–Crippen MR) is 107 cm³/mol. The van der Waals surface area contributed by atoms with Crippen LogP contribution in [-0.2, 0) is 6.54 Å². The number of hydrogen-bond donors (Lipinski definition) is 3. The van der Waals surface area contributed by atoms with Crippen molar-refractivity contribution in [2.75, 3.05) is 25.0 Å². The normalized spacial score (nSPS) is 18.3. The number of anilines is 1. The highest BCUT2D eigenvalue weighted by Gasteiger charge is 2.16. The molecule has 2 heterocycles. The van der Waals surface area contributed by atoms with Gasteiger partial charge in [-0.2, -0.15) is 5.26 Å². The van der Waals surface area contributed by atoms with Gasteiger partial charge in [-0.3, -0.25) is 0 Å². The molecule has 2 aliphatic heterocycles. The Morgan fingerprint density at radius 3 is 2.96 bits per heavy atom. The fraction of sp³-hybridized carbons (Fsp3) is 0.318. The number of piperidine rings is 1. The molecule has 4 nitrogen and oxygen atoms in total. The molecule has 0 aliphatic carbocycles. The fourth-order valence-electron chi connectivity index (χ4n) is 3.82. The van der Waals surface area contributed by atoms with Crippen molar-refractivity contribution in [2.24, 2.45) is 5.92 Å². The molecule has 0 bridgehead atoms. The van der Waals surface area contributed by atoms with Gasteiger partial charge in [-0.05, 0) is 85.1 Å². The maximum atomic E-state index is 13.7. The van der Waals surface area contributed by atoms with E-state index in [0.717, 1.165) is 48.6 Å². The lowest BCUT2D eigenvalue weighted by Crippen LogP contribution is -2.33. The largest absolute Gasteiger partial charge is 0.387 e. The minimum atomic E-state index is -0.480. The van der Waals surface area contributed by atoms with Crippen molar-refractivity contribution in [3.05, 3.63) is 59.0 Å². The second kappa shape index (κ2) is 7.81. The smallest absolute Gasteiger partial charge is 0.140 e. The van der Waals surface area contributed by atoms with Crippen LogP contribution in [0.3, 0.4) is 0 Å². The van der Waals surface area contributed by atoms with Crippen molar-refractivity contribution in [3.8, 4) is 17.2 Å². The summed E-state index contributed by atoms with van der Waals surface area (Å²) in [5.74, 6) is 0.146. The van der Waals surface area contributed by atoms with Gasteiger partial charge in [-0.15, -0.1) is 0 Å². The van der Waals surface area contributed by atoms with Crippen LogP contribution >= 0.6 is 0 Å². The number of nitrogens with one attached hydrogen (secondary N) is 3. The molecular weight excluding hydrogens is 339 g/mol. The summed E-state index contributed by atoms with van der Waals surface area (Å²) in [6.07, 6.45) is 6.47. The standard InChI is InChI=1S/C22H23FN4/c23-21-4-3-16(8-19(21)11-24)18-9-17-5-7-26-14-20(17)22(10-18)27-13-15-2-1-6-25-12-15/h3-5,7-10,15,25-27H,1-2,6,12-14H2. The topological polar surface area (TPSA) is 59.9 Å². The fourth-order valence-corrected chi connectivity index (χ4v) is 3.82. The third kappa shape index (κ3) is 3.81. The van der Waals surface area contributed by atoms with Crippen LogP contribution in [-0.4, -0.2) is 19.6 Å². The first kappa shape index (κ1) is 17.6. The van der Waals surface area contributed by atoms with Gasteiger partial charge >= 0.3 is 0 Å². The third-order valence-electron chi connectivity index (χ3n) is 5.34. The van der Waals surface area contributed by atoms with Crippen molar-refractivity contribution in [3.63, 3.8) is 0 Å². The molecule has 138 valence electrons. The Kier molecular flexibility index (Phi) is 5.08. The van der Waals surface area contributed by atoms with Crippen LogP contribution in [0.2, 0.25) is 0 Å². The maximum Gasteiger partial charge on any atom is 0.140 e. The van der Waals surface area contributed by atoms with E-state index in [2.05, 4.69) is 34.2 Å². The molecule has 3 N–H and O–H groups in total. The van der Waals surface area contributed by atoms with E-state index in [1.54, 1.807) is 12.1 Å². The Morgan fingerprint density at radius 2 is 2.15 bits per heavy atom. The summed E-state index contributed by atoms with van der Waals surface area (Å²) in [5.41, 5.74) is 5.41. The second-order valence-electron chi connectivity index (χ2n) is 7.21. The van der Waals surface area contributed by atoms with Gasteiger partial charge in [-0.25, -0.2) is 4.39 Å². The highest BCUT2D eigenvalue weighted by Crippen LogP contribution is 2.32. The zero-order valence-electron chi connectivity index (χ0n) is 15.2. The van der Waals surface area contributed by atoms with Gasteiger partial charge < -0.3 is 16.0 Å². The van der Waals surface area contributed by atoms with Crippen LogP contribution < -0.4 is 16.0 Å². The highest BCUT2D eigenvalue weighted by molar-refractivity contribution is 5.77. The van der Waals surface area contributed by atoms with Crippen LogP contribution in [0.5, 0.6) is 0 Å². The number of fused-ring (bicyclic) bond motifs is 1. The van der Waals surface area contributed by atoms with E-state index in [0.29, 0.717) is 5.92 Å². The summed E-state index contributed by atoms with van der Waals surface area (Å²) in [6, 6.07) is 10.9. The van der Waals surface area contributed by atoms with Crippen LogP contribution in [0.15, 0.2) is 36.5 Å². The van der Waals surface area contributed by atoms with Gasteiger partial charge in [0.05, 0.1) is 5.56 Å². The lowest BCUT2D eigenvalue weighted by molar-refractivity contribution is 0.393. The molecule has 0 radical (unpaired) electrons. The molecule has 1 saturated heterocycles. The Balaban J connectivity index is 1.67. The van der Waals surface area contributed by atoms with E-state index in [4.69, 9.17) is 5.26 Å². The molecule has 2 aromatic carbocycles. The first-order valence-electron chi connectivity index (χ1n) is 9.46. The molecule has 27 heavy (non-hydrogen) atoms. The molecule has 2 aliphatic rings. The second-order valence-corrected chi connectivity index (χ2v) is 7.21. The molecule has 0 spiro atoms. The molecule has 5 heteroatoms. The molecule has 0 aromatic heterocycles. The van der Waals surface area contributed by atoms with Crippen molar-refractivity contribution in [1.82, 2.24) is 10.6 Å². The average Bonchev–Trinajstić information content (AvgIpc) is 2.73. The summed E-state index contributed by atoms with van der Waals surface area (Å²) >= 11 is 0. The Morgan fingerprint density at radius 1 is 1.22 bits per heavy atom. The average molecular weight is 362 g/mol. The van der Waals surface area contributed by atoms with E-state index in [9.17, 15) is 4.39 Å². The van der Waals surface area contributed by atoms with Crippen LogP contribution in [0.25, 0.3) is 17.2 Å². The molecule has 1 atom stereocenters. The van der Waals surface area contributed by atoms with Crippen molar-refractivity contribution >= 4 is 11.8 Å². The molecule has 0 saturated carbocycles. The molecular formula is C22H23FN4. The maximum absolute atomic E-state index is 13.7. The molecule has 4 rings (SSSR count). The summed E-state index contributed by atoms with van der Waals surface area (Å²) < 4.78 is 13.7. The van der Waals surface area contributed by atoms with Crippen LogP contribution in [0, 0.1) is 23.1 Å². The minimum absolute atomic E-state index is 0.0743. The zero-order valence-corrected chi connectivity index (χ0v) is 15.2. The van der Waals surface area contributed by atoms with Gasteiger partial charge in [0.2, 0.25) is 0 Å². The zero-order chi connectivity index (χ0) is 18.6. The van der Waals surface area contributed by atoms with Crippen LogP contribution in [0.4, 0.5) is 10.1 Å². The summed E-state index contributed by atoms with van der Waals surface area (Å²) in [5, 5.41) is 19.5. The monoisotopic (exact) mass is 362 g/mol. The Labute approximate surface area is 159 Å². The summed E-state index contributed by atoms with van der Waals surface area (Å²) in [4.78, 5) is 0. The Hall–Kier alpha value is -2.84. The lowest BCUT2D eigenvalue weighted by atomic mass is 9.94. The molecule has 2 aromatic rings. The number of nitrogens with zero attached hydrogens (tertiary/aromatic N) is 1. The summed E-state index contributed by atoms with van der Waals surface area (Å²) in [7, 11) is 0. The minimum Gasteiger partial charge on any atom is -0.387 e. The van der Waals surface area contributed by atoms with Gasteiger partial charge in [-0.1, -0.05) is 6.07 Å². The van der Waals surface area contributed by atoms with E-state index >= 15 is 0 Å². The van der Waals surface area contributed by atoms with Crippen molar-refractivity contribution < 1.29 is 4.39 Å². The number of nitriles is 1. The van der Waals surface area contributed by atoms with E-state index < -0.39 is 5.82 Å². The molecule has 1 unspecified atom stereocenters. The van der Waals surface area contributed by atoms with Gasteiger partial charge in [0.25, 0.3) is 0 Å². The van der Waals surface area contributed by atoms with Crippen LogP contribution in [0.1, 0.15) is 29.5 Å². The summed E-state index contributed by atoms with van der Waals surface area (Å²) in [6.45, 7) is 3.88. The van der Waals surface area contributed by atoms with Gasteiger partial charge in [0.15, 0.2) is 0 Å². The highest BCUT2D eigenvalue weighted by atomic mass is 19.1. The third-order valence-corrected chi connectivity index (χ3v) is 5.34. The number of hydrogen-bond acceptors (Lipinski definition) is 4. The quantitative estimate of drug-likeness (QED) is 0.773. The van der Waals surface area contributed by atoms with Gasteiger partial charge in [0, 0.05) is 24.3 Å². The molecule has 0 amide bonds. The SMILES string of the molecule is N#Cc1cc(-c2cc3c(c(NCC4CCCNC4)c2)CNC=C3)ccc1F. The van der Waals surface area contributed by atoms with Gasteiger partial charge in [0.1, 0.15) is 11.9 Å². The number of halogens is 1. The van der Waals surface area contributed by atoms with Crippen molar-refractivity contribution in [2.45, 2.75) is 19.4 Å². The molecule has 1 fully saturated rings.